The minimum absolute atomic E-state index is 0.174. The van der Waals surface area contributed by atoms with E-state index in [0.717, 1.165) is 11.1 Å². The Morgan fingerprint density at radius 2 is 1.00 bits per heavy atom. The van der Waals surface area contributed by atoms with Gasteiger partial charge in [0.25, 0.3) is 11.8 Å². The molecule has 0 N–H and O–H groups in total. The van der Waals surface area contributed by atoms with Crippen LogP contribution in [0.15, 0.2) is 97.1 Å². The number of carbonyl (C=O) groups is 2. The van der Waals surface area contributed by atoms with Gasteiger partial charge < -0.3 is 9.80 Å². The van der Waals surface area contributed by atoms with Crippen molar-refractivity contribution >= 4 is 23.2 Å². The second-order valence-electron chi connectivity index (χ2n) is 6.59. The fourth-order valence-corrected chi connectivity index (χ4v) is 3.80. The van der Waals surface area contributed by atoms with E-state index in [-0.39, 0.29) is 11.8 Å². The minimum Gasteiger partial charge on any atom is -0.303 e. The van der Waals surface area contributed by atoms with Gasteiger partial charge in [-0.05, 0) is 11.1 Å². The zero-order chi connectivity index (χ0) is 19.7. The Labute approximate surface area is 164 Å². The van der Waals surface area contributed by atoms with E-state index in [1.807, 2.05) is 60.7 Å². The molecule has 0 bridgehead atoms. The van der Waals surface area contributed by atoms with Crippen LogP contribution in [0.1, 0.15) is 11.1 Å². The highest BCUT2D eigenvalue weighted by Gasteiger charge is 2.48. The summed E-state index contributed by atoms with van der Waals surface area (Å²) in [6.45, 7) is 8.24. The molecule has 0 aliphatic carbocycles. The molecule has 0 radical (unpaired) electrons. The third kappa shape index (κ3) is 2.62. The summed E-state index contributed by atoms with van der Waals surface area (Å²) in [5.74, 6) is -0.347. The maximum atomic E-state index is 13.4. The van der Waals surface area contributed by atoms with Crippen molar-refractivity contribution in [1.29, 1.82) is 0 Å². The highest BCUT2D eigenvalue weighted by molar-refractivity contribution is 6.30. The van der Waals surface area contributed by atoms with E-state index in [2.05, 4.69) is 13.2 Å². The van der Waals surface area contributed by atoms with Crippen LogP contribution in [0.2, 0.25) is 0 Å². The first-order chi connectivity index (χ1) is 13.7. The number of carbonyl (C=O) groups excluding carboxylic acids is 2. The number of hydrogen-bond acceptors (Lipinski definition) is 2. The molecule has 4 heteroatoms. The summed E-state index contributed by atoms with van der Waals surface area (Å²) in [5, 5.41) is 0. The molecule has 138 valence electrons. The predicted molar refractivity (Wildman–Crippen MR) is 111 cm³/mol. The summed E-state index contributed by atoms with van der Waals surface area (Å²) < 4.78 is 0. The predicted octanol–water partition coefficient (Wildman–Crippen LogP) is 3.87. The van der Waals surface area contributed by atoms with Crippen molar-refractivity contribution < 1.29 is 9.59 Å². The molecule has 0 atom stereocenters. The van der Waals surface area contributed by atoms with E-state index in [1.165, 1.54) is 0 Å². The van der Waals surface area contributed by atoms with Crippen LogP contribution in [0.25, 0.3) is 11.4 Å². The van der Waals surface area contributed by atoms with Gasteiger partial charge in [0.1, 0.15) is 0 Å². The van der Waals surface area contributed by atoms with E-state index in [9.17, 15) is 9.59 Å². The Bertz CT molecular complexity index is 947. The Hall–Kier alpha value is -3.66. The molecule has 2 aromatic carbocycles. The van der Waals surface area contributed by atoms with Crippen LogP contribution >= 0.6 is 0 Å². The van der Waals surface area contributed by atoms with Crippen molar-refractivity contribution in [3.05, 3.63) is 108 Å². The van der Waals surface area contributed by atoms with Crippen LogP contribution in [0.4, 0.5) is 0 Å². The molecule has 4 rings (SSSR count). The van der Waals surface area contributed by atoms with Crippen molar-refractivity contribution in [1.82, 2.24) is 9.80 Å². The lowest BCUT2D eigenvalue weighted by molar-refractivity contribution is -0.123. The molecule has 28 heavy (non-hydrogen) atoms. The topological polar surface area (TPSA) is 40.6 Å². The average Bonchev–Trinajstić information content (AvgIpc) is 3.17. The zero-order valence-corrected chi connectivity index (χ0v) is 15.5. The van der Waals surface area contributed by atoms with Crippen LogP contribution in [0.3, 0.4) is 0 Å². The smallest absolute Gasteiger partial charge is 0.261 e. The first-order valence-electron chi connectivity index (χ1n) is 9.14. The summed E-state index contributed by atoms with van der Waals surface area (Å²) >= 11 is 0. The van der Waals surface area contributed by atoms with Gasteiger partial charge in [-0.2, -0.15) is 0 Å². The molecule has 0 spiro atoms. The van der Waals surface area contributed by atoms with E-state index in [1.54, 1.807) is 22.0 Å². The van der Waals surface area contributed by atoms with Gasteiger partial charge in [0.15, 0.2) is 0 Å². The Morgan fingerprint density at radius 3 is 1.32 bits per heavy atom. The minimum atomic E-state index is -0.174. The van der Waals surface area contributed by atoms with Gasteiger partial charge in [0, 0.05) is 13.1 Å². The maximum absolute atomic E-state index is 13.4. The van der Waals surface area contributed by atoms with E-state index >= 15 is 0 Å². The maximum Gasteiger partial charge on any atom is 0.261 e. The molecule has 2 aromatic rings. The number of nitrogens with zero attached hydrogens (tertiary/aromatic N) is 2. The third-order valence-corrected chi connectivity index (χ3v) is 4.90. The summed E-state index contributed by atoms with van der Waals surface area (Å²) in [4.78, 5) is 30.1. The van der Waals surface area contributed by atoms with Crippen molar-refractivity contribution in [2.45, 2.75) is 0 Å². The largest absolute Gasteiger partial charge is 0.303 e. The van der Waals surface area contributed by atoms with Crippen LogP contribution in [0, 0.1) is 0 Å². The highest BCUT2D eigenvalue weighted by Crippen LogP contribution is 2.46. The van der Waals surface area contributed by atoms with Crippen LogP contribution in [-0.2, 0) is 9.59 Å². The lowest BCUT2D eigenvalue weighted by Crippen LogP contribution is -2.30. The molecule has 2 amide bonds. The van der Waals surface area contributed by atoms with Gasteiger partial charge in [-0.3, -0.25) is 9.59 Å². The number of rotatable bonds is 6. The molecule has 4 nitrogen and oxygen atoms in total. The Morgan fingerprint density at radius 1 is 0.643 bits per heavy atom. The lowest BCUT2D eigenvalue weighted by Gasteiger charge is -2.23. The second kappa shape index (κ2) is 7.16. The highest BCUT2D eigenvalue weighted by atomic mass is 16.2. The molecule has 2 aliphatic heterocycles. The van der Waals surface area contributed by atoms with Crippen LogP contribution < -0.4 is 0 Å². The van der Waals surface area contributed by atoms with Gasteiger partial charge in [-0.15, -0.1) is 13.2 Å². The fraction of sp³-hybridized carbons (Fsp3) is 0.0833. The van der Waals surface area contributed by atoms with Crippen molar-refractivity contribution in [3.63, 3.8) is 0 Å². The summed E-state index contributed by atoms with van der Waals surface area (Å²) in [7, 11) is 0. The summed E-state index contributed by atoms with van der Waals surface area (Å²) in [5.41, 5.74) is 3.88. The quantitative estimate of drug-likeness (QED) is 0.727. The third-order valence-electron chi connectivity index (χ3n) is 4.90. The van der Waals surface area contributed by atoms with Crippen molar-refractivity contribution in [2.75, 3.05) is 13.1 Å². The molecule has 2 aliphatic rings. The van der Waals surface area contributed by atoms with Gasteiger partial charge in [0.05, 0.1) is 22.5 Å². The SMILES string of the molecule is C=CCN1C(=O)C2=C(c3ccccc3)N(CC=C)C(=O)C2=C1c1ccccc1. The first-order valence-corrected chi connectivity index (χ1v) is 9.14. The fourth-order valence-electron chi connectivity index (χ4n) is 3.80. The molecule has 0 unspecified atom stereocenters. The molecule has 2 heterocycles. The van der Waals surface area contributed by atoms with Crippen molar-refractivity contribution in [3.8, 4) is 0 Å². The van der Waals surface area contributed by atoms with Crippen LogP contribution in [-0.4, -0.2) is 34.7 Å². The lowest BCUT2D eigenvalue weighted by atomic mass is 10.0. The zero-order valence-electron chi connectivity index (χ0n) is 15.5. The monoisotopic (exact) mass is 368 g/mol. The Kier molecular flexibility index (Phi) is 4.53. The number of benzene rings is 2. The van der Waals surface area contributed by atoms with E-state index in [0.29, 0.717) is 35.6 Å². The number of hydrogen-bond donors (Lipinski definition) is 0. The van der Waals surface area contributed by atoms with Gasteiger partial charge in [0.2, 0.25) is 0 Å². The van der Waals surface area contributed by atoms with Gasteiger partial charge >= 0.3 is 0 Å². The molecule has 0 saturated heterocycles. The molecule has 0 aromatic heterocycles. The first kappa shape index (κ1) is 17.7. The molecule has 0 saturated carbocycles. The number of fused-ring (bicyclic) bond motifs is 1. The van der Waals surface area contributed by atoms with E-state index in [4.69, 9.17) is 0 Å². The molecular weight excluding hydrogens is 348 g/mol. The second-order valence-corrected chi connectivity index (χ2v) is 6.59. The van der Waals surface area contributed by atoms with Crippen molar-refractivity contribution in [2.24, 2.45) is 0 Å². The molecule has 0 fully saturated rings. The average molecular weight is 368 g/mol. The molecular formula is C24H20N2O2. The summed E-state index contributed by atoms with van der Waals surface area (Å²) in [6.07, 6.45) is 3.36. The number of amides is 2. The normalized spacial score (nSPS) is 16.1. The van der Waals surface area contributed by atoms with Crippen LogP contribution in [0.5, 0.6) is 0 Å². The van der Waals surface area contributed by atoms with Gasteiger partial charge in [-0.25, -0.2) is 0 Å². The standard InChI is InChI=1S/C24H20N2O2/c1-3-15-25-21(17-11-7-5-8-12-17)19-20(23(25)27)22(18-13-9-6-10-14-18)26(16-4-2)24(19)28/h3-14H,1-2,15-16H2. The van der Waals surface area contributed by atoms with Gasteiger partial charge in [-0.1, -0.05) is 72.8 Å². The van der Waals surface area contributed by atoms with E-state index < -0.39 is 0 Å². The Balaban J connectivity index is 2.02. The summed E-state index contributed by atoms with van der Waals surface area (Å²) in [6, 6.07) is 19.1.